The quantitative estimate of drug-likeness (QED) is 0.657. The molecule has 1 rings (SSSR count). The fourth-order valence-electron chi connectivity index (χ4n) is 2.01. The molecule has 3 heteroatoms. The van der Waals surface area contributed by atoms with Crippen molar-refractivity contribution < 1.29 is 4.79 Å². The van der Waals surface area contributed by atoms with Gasteiger partial charge in [0.2, 0.25) is 5.91 Å². The SMILES string of the molecule is CCC1CCCN1C(=O)/C=C/CN(C)C. The van der Waals surface area contributed by atoms with E-state index in [9.17, 15) is 4.79 Å². The molecular formula is C12H22N2O. The largest absolute Gasteiger partial charge is 0.336 e. The van der Waals surface area contributed by atoms with Crippen LogP contribution < -0.4 is 0 Å². The number of likely N-dealkylation sites (N-methyl/N-ethyl adjacent to an activating group) is 1. The van der Waals surface area contributed by atoms with Crippen molar-refractivity contribution in [3.05, 3.63) is 12.2 Å². The van der Waals surface area contributed by atoms with Crippen LogP contribution in [-0.2, 0) is 4.79 Å². The van der Waals surface area contributed by atoms with Crippen LogP contribution in [0.25, 0.3) is 0 Å². The molecule has 1 heterocycles. The number of hydrogen-bond acceptors (Lipinski definition) is 2. The van der Waals surface area contributed by atoms with Crippen LogP contribution in [0.4, 0.5) is 0 Å². The molecule has 1 unspecified atom stereocenters. The zero-order valence-corrected chi connectivity index (χ0v) is 10.1. The number of rotatable bonds is 4. The highest BCUT2D eigenvalue weighted by atomic mass is 16.2. The Hall–Kier alpha value is -0.830. The van der Waals surface area contributed by atoms with Crippen molar-refractivity contribution in [2.75, 3.05) is 27.2 Å². The Bertz CT molecular complexity index is 236. The lowest BCUT2D eigenvalue weighted by Crippen LogP contribution is -2.33. The second-order valence-corrected chi connectivity index (χ2v) is 4.40. The minimum atomic E-state index is 0.182. The number of amides is 1. The third kappa shape index (κ3) is 3.67. The van der Waals surface area contributed by atoms with Crippen molar-refractivity contribution in [3.8, 4) is 0 Å². The van der Waals surface area contributed by atoms with E-state index in [0.717, 1.165) is 25.9 Å². The molecule has 3 nitrogen and oxygen atoms in total. The summed E-state index contributed by atoms with van der Waals surface area (Å²) in [7, 11) is 4.00. The van der Waals surface area contributed by atoms with Crippen LogP contribution in [0.2, 0.25) is 0 Å². The summed E-state index contributed by atoms with van der Waals surface area (Å²) >= 11 is 0. The van der Waals surface area contributed by atoms with Crippen LogP contribution in [0, 0.1) is 0 Å². The topological polar surface area (TPSA) is 23.6 Å². The Kier molecular flexibility index (Phi) is 4.82. The second-order valence-electron chi connectivity index (χ2n) is 4.40. The Morgan fingerprint density at radius 3 is 2.87 bits per heavy atom. The van der Waals surface area contributed by atoms with Gasteiger partial charge in [0.05, 0.1) is 0 Å². The summed E-state index contributed by atoms with van der Waals surface area (Å²) in [6.07, 6.45) is 7.06. The zero-order valence-electron chi connectivity index (χ0n) is 10.1. The van der Waals surface area contributed by atoms with E-state index in [1.54, 1.807) is 6.08 Å². The summed E-state index contributed by atoms with van der Waals surface area (Å²) in [4.78, 5) is 15.9. The van der Waals surface area contributed by atoms with Crippen molar-refractivity contribution >= 4 is 5.91 Å². The Morgan fingerprint density at radius 2 is 2.27 bits per heavy atom. The van der Waals surface area contributed by atoms with Crippen molar-refractivity contribution in [2.24, 2.45) is 0 Å². The lowest BCUT2D eigenvalue weighted by atomic mass is 10.2. The molecule has 1 amide bonds. The minimum absolute atomic E-state index is 0.182. The minimum Gasteiger partial charge on any atom is -0.336 e. The monoisotopic (exact) mass is 210 g/mol. The highest BCUT2D eigenvalue weighted by Gasteiger charge is 2.25. The average molecular weight is 210 g/mol. The summed E-state index contributed by atoms with van der Waals surface area (Å²) in [5, 5.41) is 0. The van der Waals surface area contributed by atoms with E-state index < -0.39 is 0 Å². The van der Waals surface area contributed by atoms with Gasteiger partial charge in [-0.3, -0.25) is 4.79 Å². The van der Waals surface area contributed by atoms with Gasteiger partial charge in [-0.15, -0.1) is 0 Å². The van der Waals surface area contributed by atoms with Crippen LogP contribution in [0.15, 0.2) is 12.2 Å². The van der Waals surface area contributed by atoms with Gasteiger partial charge in [0, 0.05) is 25.2 Å². The average Bonchev–Trinajstić information content (AvgIpc) is 2.64. The van der Waals surface area contributed by atoms with E-state index in [4.69, 9.17) is 0 Å². The molecule has 0 aliphatic carbocycles. The normalized spacial score (nSPS) is 21.9. The predicted octanol–water partition coefficient (Wildman–Crippen LogP) is 1.51. The molecule has 0 N–H and O–H groups in total. The van der Waals surface area contributed by atoms with Crippen molar-refractivity contribution in [2.45, 2.75) is 32.2 Å². The summed E-state index contributed by atoms with van der Waals surface area (Å²) in [6.45, 7) is 3.92. The first-order valence-electron chi connectivity index (χ1n) is 5.77. The van der Waals surface area contributed by atoms with E-state index in [2.05, 4.69) is 6.92 Å². The van der Waals surface area contributed by atoms with Gasteiger partial charge in [-0.1, -0.05) is 13.0 Å². The maximum atomic E-state index is 11.8. The Morgan fingerprint density at radius 1 is 1.53 bits per heavy atom. The molecule has 1 atom stereocenters. The predicted molar refractivity (Wildman–Crippen MR) is 62.7 cm³/mol. The first kappa shape index (κ1) is 12.2. The molecule has 15 heavy (non-hydrogen) atoms. The zero-order chi connectivity index (χ0) is 11.3. The molecule has 0 radical (unpaired) electrons. The fraction of sp³-hybridized carbons (Fsp3) is 0.750. The molecule has 1 aliphatic rings. The molecule has 0 aromatic heterocycles. The molecule has 0 saturated carbocycles. The molecule has 1 saturated heterocycles. The van der Waals surface area contributed by atoms with Gasteiger partial charge >= 0.3 is 0 Å². The summed E-state index contributed by atoms with van der Waals surface area (Å²) in [5.74, 6) is 0.182. The molecule has 0 aromatic carbocycles. The van der Waals surface area contributed by atoms with Gasteiger partial charge < -0.3 is 9.80 Å². The summed E-state index contributed by atoms with van der Waals surface area (Å²) in [5.41, 5.74) is 0. The lowest BCUT2D eigenvalue weighted by molar-refractivity contribution is -0.126. The summed E-state index contributed by atoms with van der Waals surface area (Å²) in [6, 6.07) is 0.474. The van der Waals surface area contributed by atoms with Gasteiger partial charge in [-0.05, 0) is 33.4 Å². The number of nitrogens with zero attached hydrogens (tertiary/aromatic N) is 2. The van der Waals surface area contributed by atoms with Gasteiger partial charge in [0.1, 0.15) is 0 Å². The van der Waals surface area contributed by atoms with Crippen LogP contribution in [-0.4, -0.2) is 48.9 Å². The van der Waals surface area contributed by atoms with E-state index in [1.165, 1.54) is 6.42 Å². The Balaban J connectivity index is 2.42. The van der Waals surface area contributed by atoms with Crippen LogP contribution in [0.3, 0.4) is 0 Å². The fourth-order valence-corrected chi connectivity index (χ4v) is 2.01. The van der Waals surface area contributed by atoms with Gasteiger partial charge in [-0.25, -0.2) is 0 Å². The van der Waals surface area contributed by atoms with E-state index in [0.29, 0.717) is 6.04 Å². The smallest absolute Gasteiger partial charge is 0.246 e. The molecule has 86 valence electrons. The van der Waals surface area contributed by atoms with Crippen molar-refractivity contribution in [1.29, 1.82) is 0 Å². The van der Waals surface area contributed by atoms with Gasteiger partial charge in [0.15, 0.2) is 0 Å². The van der Waals surface area contributed by atoms with Crippen molar-refractivity contribution in [1.82, 2.24) is 9.80 Å². The molecule has 0 bridgehead atoms. The Labute approximate surface area is 92.7 Å². The maximum Gasteiger partial charge on any atom is 0.246 e. The number of hydrogen-bond donors (Lipinski definition) is 0. The third-order valence-electron chi connectivity index (χ3n) is 2.86. The number of carbonyl (C=O) groups is 1. The third-order valence-corrected chi connectivity index (χ3v) is 2.86. The highest BCUT2D eigenvalue weighted by molar-refractivity contribution is 5.88. The van der Waals surface area contributed by atoms with Crippen LogP contribution in [0.5, 0.6) is 0 Å². The number of carbonyl (C=O) groups excluding carboxylic acids is 1. The van der Waals surface area contributed by atoms with E-state index in [1.807, 2.05) is 30.0 Å². The number of likely N-dealkylation sites (tertiary alicyclic amines) is 1. The molecule has 0 spiro atoms. The second kappa shape index (κ2) is 5.91. The van der Waals surface area contributed by atoms with Crippen LogP contribution >= 0.6 is 0 Å². The standard InChI is InChI=1S/C12H22N2O/c1-4-11-7-5-10-14(11)12(15)8-6-9-13(2)3/h6,8,11H,4-5,7,9-10H2,1-3H3/b8-6+. The molecule has 1 aliphatic heterocycles. The maximum absolute atomic E-state index is 11.8. The first-order valence-corrected chi connectivity index (χ1v) is 5.77. The van der Waals surface area contributed by atoms with E-state index in [-0.39, 0.29) is 5.91 Å². The molecule has 1 fully saturated rings. The van der Waals surface area contributed by atoms with E-state index >= 15 is 0 Å². The first-order chi connectivity index (χ1) is 7.15. The van der Waals surface area contributed by atoms with Gasteiger partial charge in [0.25, 0.3) is 0 Å². The van der Waals surface area contributed by atoms with Crippen LogP contribution in [0.1, 0.15) is 26.2 Å². The highest BCUT2D eigenvalue weighted by Crippen LogP contribution is 2.19. The lowest BCUT2D eigenvalue weighted by Gasteiger charge is -2.22. The summed E-state index contributed by atoms with van der Waals surface area (Å²) < 4.78 is 0. The molecule has 0 aromatic rings. The van der Waals surface area contributed by atoms with Crippen molar-refractivity contribution in [3.63, 3.8) is 0 Å². The van der Waals surface area contributed by atoms with Gasteiger partial charge in [-0.2, -0.15) is 0 Å². The molecular weight excluding hydrogens is 188 g/mol.